The summed E-state index contributed by atoms with van der Waals surface area (Å²) in [6.07, 6.45) is 2.47. The van der Waals surface area contributed by atoms with E-state index in [1.807, 2.05) is 18.2 Å². The molecule has 72 valence electrons. The second-order valence-electron chi connectivity index (χ2n) is 2.87. The van der Waals surface area contributed by atoms with E-state index in [1.165, 1.54) is 6.08 Å². The van der Waals surface area contributed by atoms with E-state index in [4.69, 9.17) is 0 Å². The van der Waals surface area contributed by atoms with Gasteiger partial charge in [-0.25, -0.2) is 9.79 Å². The van der Waals surface area contributed by atoms with Crippen LogP contribution in [0.4, 0.5) is 0 Å². The van der Waals surface area contributed by atoms with Crippen molar-refractivity contribution >= 4 is 11.9 Å². The van der Waals surface area contributed by atoms with E-state index >= 15 is 0 Å². The van der Waals surface area contributed by atoms with Crippen molar-refractivity contribution < 1.29 is 9.59 Å². The predicted octanol–water partition coefficient (Wildman–Crippen LogP) is 1.99. The molecule has 0 spiro atoms. The van der Waals surface area contributed by atoms with Crippen molar-refractivity contribution in [2.75, 3.05) is 6.54 Å². The average Bonchev–Trinajstić information content (AvgIpc) is 2.25. The molecule has 0 saturated carbocycles. The monoisotopic (exact) mass is 189 g/mol. The lowest BCUT2D eigenvalue weighted by Crippen LogP contribution is -1.99. The van der Waals surface area contributed by atoms with Gasteiger partial charge in [0.2, 0.25) is 6.08 Å². The molecule has 1 aromatic rings. The second-order valence-corrected chi connectivity index (χ2v) is 2.87. The summed E-state index contributed by atoms with van der Waals surface area (Å²) in [5, 5.41) is 0. The first-order chi connectivity index (χ1) is 6.84. The van der Waals surface area contributed by atoms with Crippen molar-refractivity contribution in [3.63, 3.8) is 0 Å². The first-order valence-corrected chi connectivity index (χ1v) is 4.46. The Labute approximate surface area is 82.5 Å². The molecule has 1 rings (SSSR count). The van der Waals surface area contributed by atoms with Gasteiger partial charge in [-0.05, 0) is 6.42 Å². The van der Waals surface area contributed by atoms with Gasteiger partial charge in [0.25, 0.3) is 0 Å². The molecule has 0 N–H and O–H groups in total. The Kier molecular flexibility index (Phi) is 4.32. The van der Waals surface area contributed by atoms with Gasteiger partial charge < -0.3 is 0 Å². The maximum Gasteiger partial charge on any atom is 0.234 e. The summed E-state index contributed by atoms with van der Waals surface area (Å²) in [5.74, 6) is 0.0895. The third-order valence-corrected chi connectivity index (χ3v) is 1.83. The highest BCUT2D eigenvalue weighted by atomic mass is 16.1. The molecule has 0 saturated heterocycles. The van der Waals surface area contributed by atoms with Crippen LogP contribution in [0.5, 0.6) is 0 Å². The quantitative estimate of drug-likeness (QED) is 0.308. The molecule has 0 radical (unpaired) electrons. The van der Waals surface area contributed by atoms with E-state index < -0.39 is 0 Å². The van der Waals surface area contributed by atoms with Crippen LogP contribution < -0.4 is 0 Å². The van der Waals surface area contributed by atoms with Gasteiger partial charge in [-0.2, -0.15) is 0 Å². The number of carbonyl (C=O) groups is 1. The minimum Gasteiger partial charge on any atom is -0.294 e. The number of rotatable bonds is 5. The largest absolute Gasteiger partial charge is 0.294 e. The average molecular weight is 189 g/mol. The van der Waals surface area contributed by atoms with Crippen molar-refractivity contribution in [3.8, 4) is 0 Å². The molecular weight excluding hydrogens is 178 g/mol. The summed E-state index contributed by atoms with van der Waals surface area (Å²) in [6.45, 7) is 0.377. The van der Waals surface area contributed by atoms with Crippen molar-refractivity contribution in [2.24, 2.45) is 4.99 Å². The van der Waals surface area contributed by atoms with Crippen LogP contribution in [0.2, 0.25) is 0 Å². The minimum atomic E-state index is 0.0895. The zero-order chi connectivity index (χ0) is 10.2. The van der Waals surface area contributed by atoms with Crippen molar-refractivity contribution in [1.82, 2.24) is 0 Å². The number of hydrogen-bond donors (Lipinski definition) is 0. The number of aliphatic imine (C=N–C) groups is 1. The highest BCUT2D eigenvalue weighted by Gasteiger charge is 2.03. The number of ketones is 1. The molecule has 0 fully saturated rings. The van der Waals surface area contributed by atoms with Crippen LogP contribution >= 0.6 is 0 Å². The van der Waals surface area contributed by atoms with E-state index in [0.717, 1.165) is 0 Å². The molecule has 0 unspecified atom stereocenters. The van der Waals surface area contributed by atoms with Gasteiger partial charge in [-0.3, -0.25) is 4.79 Å². The summed E-state index contributed by atoms with van der Waals surface area (Å²) in [5.41, 5.74) is 0.711. The molecule has 0 aliphatic carbocycles. The first-order valence-electron chi connectivity index (χ1n) is 4.46. The molecule has 3 nitrogen and oxygen atoms in total. The standard InChI is InChI=1S/C11H11NO2/c13-9-12-8-4-7-11(14)10-5-2-1-3-6-10/h1-3,5-6H,4,7-8H2. The van der Waals surface area contributed by atoms with E-state index in [9.17, 15) is 9.59 Å². The topological polar surface area (TPSA) is 46.5 Å². The van der Waals surface area contributed by atoms with Crippen molar-refractivity contribution in [2.45, 2.75) is 12.8 Å². The fourth-order valence-corrected chi connectivity index (χ4v) is 1.13. The molecule has 1 aromatic carbocycles. The second kappa shape index (κ2) is 5.84. The lowest BCUT2D eigenvalue weighted by atomic mass is 10.1. The van der Waals surface area contributed by atoms with Gasteiger partial charge in [0, 0.05) is 12.0 Å². The number of Topliss-reactive ketones (excluding diaryl/α,β-unsaturated/α-hetero) is 1. The number of nitrogens with zero attached hydrogens (tertiary/aromatic N) is 1. The summed E-state index contributed by atoms with van der Waals surface area (Å²) < 4.78 is 0. The molecule has 0 aliphatic heterocycles. The Balaban J connectivity index is 2.40. The summed E-state index contributed by atoms with van der Waals surface area (Å²) >= 11 is 0. The first kappa shape index (κ1) is 10.4. The number of benzene rings is 1. The molecule has 0 atom stereocenters. The fraction of sp³-hybridized carbons (Fsp3) is 0.273. The van der Waals surface area contributed by atoms with E-state index in [0.29, 0.717) is 24.9 Å². The number of isocyanates is 1. The zero-order valence-corrected chi connectivity index (χ0v) is 7.77. The minimum absolute atomic E-state index is 0.0895. The predicted molar refractivity (Wildman–Crippen MR) is 53.0 cm³/mol. The van der Waals surface area contributed by atoms with Crippen LogP contribution in [0.1, 0.15) is 23.2 Å². The Morgan fingerprint density at radius 3 is 2.64 bits per heavy atom. The van der Waals surface area contributed by atoms with Crippen LogP contribution in [0.15, 0.2) is 35.3 Å². The molecule has 0 aromatic heterocycles. The SMILES string of the molecule is O=C=NCCCC(=O)c1ccccc1. The summed E-state index contributed by atoms with van der Waals surface area (Å²) in [6, 6.07) is 9.09. The molecular formula is C11H11NO2. The van der Waals surface area contributed by atoms with Crippen molar-refractivity contribution in [3.05, 3.63) is 35.9 Å². The van der Waals surface area contributed by atoms with E-state index in [-0.39, 0.29) is 5.78 Å². The highest BCUT2D eigenvalue weighted by Crippen LogP contribution is 2.04. The number of hydrogen-bond acceptors (Lipinski definition) is 3. The van der Waals surface area contributed by atoms with Crippen LogP contribution in [-0.2, 0) is 4.79 Å². The maximum absolute atomic E-state index is 11.5. The highest BCUT2D eigenvalue weighted by molar-refractivity contribution is 5.95. The third kappa shape index (κ3) is 3.33. The van der Waals surface area contributed by atoms with Gasteiger partial charge in [0.15, 0.2) is 5.78 Å². The summed E-state index contributed by atoms with van der Waals surface area (Å²) in [7, 11) is 0. The maximum atomic E-state index is 11.5. The van der Waals surface area contributed by atoms with Crippen LogP contribution in [0.3, 0.4) is 0 Å². The fourth-order valence-electron chi connectivity index (χ4n) is 1.13. The summed E-state index contributed by atoms with van der Waals surface area (Å²) in [4.78, 5) is 24.6. The lowest BCUT2D eigenvalue weighted by molar-refractivity contribution is 0.0981. The Bertz CT molecular complexity index is 340. The van der Waals surface area contributed by atoms with Crippen LogP contribution in [0.25, 0.3) is 0 Å². The van der Waals surface area contributed by atoms with Crippen LogP contribution in [-0.4, -0.2) is 18.4 Å². The van der Waals surface area contributed by atoms with Gasteiger partial charge >= 0.3 is 0 Å². The van der Waals surface area contributed by atoms with Gasteiger partial charge in [0.05, 0.1) is 6.54 Å². The van der Waals surface area contributed by atoms with E-state index in [1.54, 1.807) is 12.1 Å². The van der Waals surface area contributed by atoms with Gasteiger partial charge in [-0.15, -0.1) is 0 Å². The van der Waals surface area contributed by atoms with E-state index in [2.05, 4.69) is 4.99 Å². The van der Waals surface area contributed by atoms with Gasteiger partial charge in [0.1, 0.15) is 0 Å². The normalized spacial score (nSPS) is 9.14. The van der Waals surface area contributed by atoms with Gasteiger partial charge in [-0.1, -0.05) is 30.3 Å². The third-order valence-electron chi connectivity index (χ3n) is 1.83. The molecule has 0 aliphatic rings. The van der Waals surface area contributed by atoms with Crippen molar-refractivity contribution in [1.29, 1.82) is 0 Å². The molecule has 0 bridgehead atoms. The molecule has 0 amide bonds. The number of carbonyl (C=O) groups excluding carboxylic acids is 2. The smallest absolute Gasteiger partial charge is 0.234 e. The molecule has 3 heteroatoms. The lowest BCUT2D eigenvalue weighted by Gasteiger charge is -1.97. The molecule has 0 heterocycles. The molecule has 14 heavy (non-hydrogen) atoms. The Hall–Kier alpha value is -1.73. The Morgan fingerprint density at radius 1 is 1.29 bits per heavy atom. The Morgan fingerprint density at radius 2 is 2.00 bits per heavy atom. The van der Waals surface area contributed by atoms with Crippen LogP contribution in [0, 0.1) is 0 Å². The zero-order valence-electron chi connectivity index (χ0n) is 7.77.